The number of nitrogens with two attached hydrogens (primary N) is 1. The van der Waals surface area contributed by atoms with Gasteiger partial charge in [-0.2, -0.15) is 18.2 Å². The lowest BCUT2D eigenvalue weighted by Crippen LogP contribution is -2.16. The van der Waals surface area contributed by atoms with Crippen molar-refractivity contribution < 1.29 is 17.9 Å². The van der Waals surface area contributed by atoms with Crippen LogP contribution in [0.2, 0.25) is 0 Å². The minimum atomic E-state index is -4.58. The van der Waals surface area contributed by atoms with Crippen molar-refractivity contribution >= 4 is 17.3 Å². The van der Waals surface area contributed by atoms with Gasteiger partial charge in [0.2, 0.25) is 11.8 Å². The van der Waals surface area contributed by atoms with Crippen LogP contribution in [0.1, 0.15) is 10.6 Å². The molecule has 108 valence electrons. The molecular weight excluding hydrogens is 293 g/mol. The zero-order chi connectivity index (χ0) is 14.6. The van der Waals surface area contributed by atoms with Gasteiger partial charge in [0.1, 0.15) is 0 Å². The number of hydrazine groups is 1. The van der Waals surface area contributed by atoms with Gasteiger partial charge in [0.25, 0.3) is 0 Å². The Morgan fingerprint density at radius 1 is 1.35 bits per heavy atom. The lowest BCUT2D eigenvalue weighted by molar-refractivity contribution is -0.141. The van der Waals surface area contributed by atoms with Crippen LogP contribution in [0.3, 0.4) is 0 Å². The van der Waals surface area contributed by atoms with Gasteiger partial charge in [-0.1, -0.05) is 6.07 Å². The Labute approximate surface area is 116 Å². The number of ether oxygens (including phenoxy) is 1. The van der Waals surface area contributed by atoms with Crippen molar-refractivity contribution in [1.82, 2.24) is 9.97 Å². The molecule has 0 spiro atoms. The molecule has 0 bridgehead atoms. The van der Waals surface area contributed by atoms with E-state index in [2.05, 4.69) is 9.97 Å². The van der Waals surface area contributed by atoms with E-state index < -0.39 is 11.9 Å². The average Bonchev–Trinajstić information content (AvgIpc) is 2.90. The largest absolute Gasteiger partial charge is 0.477 e. The maximum Gasteiger partial charge on any atom is 0.433 e. The molecule has 0 unspecified atom stereocenters. The van der Waals surface area contributed by atoms with Crippen LogP contribution >= 0.6 is 11.3 Å². The number of nitrogens with zero attached hydrogens (tertiary/aromatic N) is 2. The number of rotatable bonds is 5. The van der Waals surface area contributed by atoms with E-state index >= 15 is 0 Å². The van der Waals surface area contributed by atoms with Gasteiger partial charge in [-0.3, -0.25) is 5.43 Å². The summed E-state index contributed by atoms with van der Waals surface area (Å²) in [7, 11) is 0. The molecule has 0 amide bonds. The van der Waals surface area contributed by atoms with Crippen molar-refractivity contribution in [2.24, 2.45) is 5.84 Å². The fraction of sp³-hybridized carbons (Fsp3) is 0.273. The number of thiophene rings is 1. The van der Waals surface area contributed by atoms with Gasteiger partial charge in [-0.25, -0.2) is 10.8 Å². The second-order valence-corrected chi connectivity index (χ2v) is 4.77. The first-order valence-corrected chi connectivity index (χ1v) is 6.45. The quantitative estimate of drug-likeness (QED) is 0.656. The molecule has 0 saturated heterocycles. The Morgan fingerprint density at radius 3 is 2.75 bits per heavy atom. The summed E-state index contributed by atoms with van der Waals surface area (Å²) in [4.78, 5) is 8.03. The molecule has 2 heterocycles. The zero-order valence-electron chi connectivity index (χ0n) is 10.1. The van der Waals surface area contributed by atoms with Crippen molar-refractivity contribution in [3.8, 4) is 5.88 Å². The molecule has 9 heteroatoms. The van der Waals surface area contributed by atoms with Gasteiger partial charge in [-0.05, 0) is 11.4 Å². The van der Waals surface area contributed by atoms with Crippen molar-refractivity contribution in [3.63, 3.8) is 0 Å². The Morgan fingerprint density at radius 2 is 2.15 bits per heavy atom. The predicted molar refractivity (Wildman–Crippen MR) is 68.4 cm³/mol. The molecule has 0 saturated carbocycles. The summed E-state index contributed by atoms with van der Waals surface area (Å²) >= 11 is 1.55. The van der Waals surface area contributed by atoms with Crippen LogP contribution in [0, 0.1) is 0 Å². The van der Waals surface area contributed by atoms with Gasteiger partial charge >= 0.3 is 6.18 Å². The molecule has 0 aliphatic heterocycles. The molecule has 2 aromatic rings. The molecule has 5 nitrogen and oxygen atoms in total. The first-order chi connectivity index (χ1) is 9.49. The number of alkyl halides is 3. The molecule has 0 aromatic carbocycles. The summed E-state index contributed by atoms with van der Waals surface area (Å²) in [5, 5.41) is 1.91. The summed E-state index contributed by atoms with van der Waals surface area (Å²) in [5.41, 5.74) is 0.879. The van der Waals surface area contributed by atoms with E-state index in [1.807, 2.05) is 22.9 Å². The molecule has 2 rings (SSSR count). The Bertz CT molecular complexity index is 559. The highest BCUT2D eigenvalue weighted by atomic mass is 32.1. The normalized spacial score (nSPS) is 11.4. The van der Waals surface area contributed by atoms with E-state index in [0.29, 0.717) is 6.42 Å². The molecule has 0 atom stereocenters. The lowest BCUT2D eigenvalue weighted by atomic mass is 10.3. The number of anilines is 1. The first-order valence-electron chi connectivity index (χ1n) is 5.57. The van der Waals surface area contributed by atoms with Crippen molar-refractivity contribution in [2.45, 2.75) is 12.6 Å². The van der Waals surface area contributed by atoms with Gasteiger partial charge < -0.3 is 4.74 Å². The number of hydrogen-bond donors (Lipinski definition) is 2. The summed E-state index contributed by atoms with van der Waals surface area (Å²) in [6, 6.07) is 4.56. The van der Waals surface area contributed by atoms with E-state index in [4.69, 9.17) is 10.6 Å². The van der Waals surface area contributed by atoms with Crippen LogP contribution < -0.4 is 16.0 Å². The summed E-state index contributed by atoms with van der Waals surface area (Å²) < 4.78 is 43.1. The second kappa shape index (κ2) is 6.06. The molecular formula is C11H11F3N4OS. The number of aromatic nitrogens is 2. The van der Waals surface area contributed by atoms with Crippen molar-refractivity contribution in [2.75, 3.05) is 12.0 Å². The number of hydrogen-bond acceptors (Lipinski definition) is 6. The third-order valence-electron chi connectivity index (χ3n) is 2.30. The van der Waals surface area contributed by atoms with Gasteiger partial charge in [-0.15, -0.1) is 11.3 Å². The van der Waals surface area contributed by atoms with Crippen LogP contribution in [0.25, 0.3) is 0 Å². The monoisotopic (exact) mass is 304 g/mol. The number of nitrogen functional groups attached to an aromatic ring is 1. The van der Waals surface area contributed by atoms with Crippen LogP contribution in [0.5, 0.6) is 5.88 Å². The van der Waals surface area contributed by atoms with Crippen LogP contribution in [-0.2, 0) is 12.6 Å². The highest BCUT2D eigenvalue weighted by molar-refractivity contribution is 7.09. The lowest BCUT2D eigenvalue weighted by Gasteiger charge is -2.10. The molecule has 20 heavy (non-hydrogen) atoms. The third-order valence-corrected chi connectivity index (χ3v) is 3.24. The average molecular weight is 304 g/mol. The number of halogens is 3. The van der Waals surface area contributed by atoms with Crippen LogP contribution in [0.15, 0.2) is 23.6 Å². The zero-order valence-corrected chi connectivity index (χ0v) is 11.0. The Kier molecular flexibility index (Phi) is 4.40. The number of nitrogens with one attached hydrogen (secondary N) is 1. The van der Waals surface area contributed by atoms with Gasteiger partial charge in [0, 0.05) is 17.4 Å². The van der Waals surface area contributed by atoms with Crippen molar-refractivity contribution in [3.05, 3.63) is 34.2 Å². The topological polar surface area (TPSA) is 73.1 Å². The molecule has 0 aliphatic carbocycles. The SMILES string of the molecule is NNc1nc(OCCc2cccs2)cc(C(F)(F)F)n1. The minimum absolute atomic E-state index is 0.170. The highest BCUT2D eigenvalue weighted by Crippen LogP contribution is 2.30. The highest BCUT2D eigenvalue weighted by Gasteiger charge is 2.34. The van der Waals surface area contributed by atoms with E-state index in [1.165, 1.54) is 0 Å². The maximum atomic E-state index is 12.6. The standard InChI is InChI=1S/C11H11F3N4OS/c12-11(13,14)8-6-9(17-10(16-8)18-15)19-4-3-7-2-1-5-20-7/h1-2,5-6H,3-4,15H2,(H,16,17,18). The fourth-order valence-electron chi connectivity index (χ4n) is 1.42. The smallest absolute Gasteiger partial charge is 0.433 e. The van der Waals surface area contributed by atoms with E-state index in [0.717, 1.165) is 10.9 Å². The summed E-state index contributed by atoms with van der Waals surface area (Å²) in [6.07, 6.45) is -3.99. The van der Waals surface area contributed by atoms with Gasteiger partial charge in [0.15, 0.2) is 5.69 Å². The fourth-order valence-corrected chi connectivity index (χ4v) is 2.11. The van der Waals surface area contributed by atoms with E-state index in [-0.39, 0.29) is 18.4 Å². The molecule has 3 N–H and O–H groups in total. The van der Waals surface area contributed by atoms with Crippen LogP contribution in [-0.4, -0.2) is 16.6 Å². The van der Waals surface area contributed by atoms with Crippen molar-refractivity contribution in [1.29, 1.82) is 0 Å². The predicted octanol–water partition coefficient (Wildman–Crippen LogP) is 2.46. The van der Waals surface area contributed by atoms with Gasteiger partial charge in [0.05, 0.1) is 6.61 Å². The van der Waals surface area contributed by atoms with Crippen LogP contribution in [0.4, 0.5) is 19.1 Å². The maximum absolute atomic E-state index is 12.6. The molecule has 2 aromatic heterocycles. The first kappa shape index (κ1) is 14.5. The Hall–Kier alpha value is -1.87. The second-order valence-electron chi connectivity index (χ2n) is 3.73. The Balaban J connectivity index is 2.06. The molecule has 0 fully saturated rings. The summed E-state index contributed by atoms with van der Waals surface area (Å²) in [5.74, 6) is 4.53. The summed E-state index contributed by atoms with van der Waals surface area (Å²) in [6.45, 7) is 0.221. The molecule has 0 radical (unpaired) electrons. The third kappa shape index (κ3) is 3.81. The minimum Gasteiger partial charge on any atom is -0.477 e. The van der Waals surface area contributed by atoms with E-state index in [1.54, 1.807) is 11.3 Å². The van der Waals surface area contributed by atoms with E-state index in [9.17, 15) is 13.2 Å². The molecule has 0 aliphatic rings.